The molecule has 110 valence electrons. The first-order chi connectivity index (χ1) is 10.3. The molecular formula is C15H18N4OS. The van der Waals surface area contributed by atoms with Crippen LogP contribution in [0, 0.1) is 0 Å². The molecule has 1 saturated heterocycles. The van der Waals surface area contributed by atoms with E-state index in [0.29, 0.717) is 5.11 Å². The Bertz CT molecular complexity index is 613. The minimum absolute atomic E-state index is 0.266. The molecule has 0 spiro atoms. The summed E-state index contributed by atoms with van der Waals surface area (Å²) < 4.78 is 5.52. The number of fused-ring (bicyclic) bond motifs is 1. The molecule has 0 radical (unpaired) electrons. The minimum atomic E-state index is 0.266. The fourth-order valence-corrected chi connectivity index (χ4v) is 2.51. The first-order valence-electron chi connectivity index (χ1n) is 7.07. The minimum Gasteiger partial charge on any atom is -0.376 e. The van der Waals surface area contributed by atoms with E-state index in [0.717, 1.165) is 42.6 Å². The molecule has 1 aromatic carbocycles. The van der Waals surface area contributed by atoms with Crippen molar-refractivity contribution in [3.05, 3.63) is 36.0 Å². The predicted molar refractivity (Wildman–Crippen MR) is 88.6 cm³/mol. The van der Waals surface area contributed by atoms with Gasteiger partial charge in [-0.2, -0.15) is 5.10 Å². The molecule has 1 unspecified atom stereocenters. The molecule has 0 amide bonds. The average molecular weight is 302 g/mol. The van der Waals surface area contributed by atoms with Crippen LogP contribution in [0.15, 0.2) is 35.4 Å². The third kappa shape index (κ3) is 3.80. The van der Waals surface area contributed by atoms with Gasteiger partial charge in [-0.3, -0.25) is 5.43 Å². The van der Waals surface area contributed by atoms with E-state index in [1.54, 1.807) is 6.21 Å². The zero-order valence-electron chi connectivity index (χ0n) is 11.6. The van der Waals surface area contributed by atoms with E-state index in [1.165, 1.54) is 0 Å². The molecule has 1 aromatic heterocycles. The molecule has 21 heavy (non-hydrogen) atoms. The number of H-pyrrole nitrogens is 1. The first-order valence-corrected chi connectivity index (χ1v) is 7.48. The molecule has 3 rings (SSSR count). The highest BCUT2D eigenvalue weighted by atomic mass is 32.1. The van der Waals surface area contributed by atoms with Crippen LogP contribution in [0.2, 0.25) is 0 Å². The van der Waals surface area contributed by atoms with Crippen molar-refractivity contribution in [3.63, 3.8) is 0 Å². The van der Waals surface area contributed by atoms with E-state index in [9.17, 15) is 0 Å². The van der Waals surface area contributed by atoms with E-state index in [2.05, 4.69) is 26.9 Å². The second-order valence-corrected chi connectivity index (χ2v) is 5.44. The number of nitrogens with one attached hydrogen (secondary N) is 3. The molecule has 6 heteroatoms. The number of aromatic amines is 1. The van der Waals surface area contributed by atoms with Crippen molar-refractivity contribution in [3.8, 4) is 0 Å². The van der Waals surface area contributed by atoms with E-state index >= 15 is 0 Å². The molecule has 3 N–H and O–H groups in total. The van der Waals surface area contributed by atoms with Crippen LogP contribution in [-0.2, 0) is 4.74 Å². The molecule has 1 atom stereocenters. The highest BCUT2D eigenvalue weighted by Crippen LogP contribution is 2.13. The van der Waals surface area contributed by atoms with Gasteiger partial charge in [0.15, 0.2) is 5.11 Å². The SMILES string of the molecule is S=C(NCC1CCCO1)NN=Cc1cc2ccccc2[nH]1. The van der Waals surface area contributed by atoms with Crippen LogP contribution in [0.4, 0.5) is 0 Å². The highest BCUT2D eigenvalue weighted by Gasteiger charge is 2.14. The van der Waals surface area contributed by atoms with Crippen molar-refractivity contribution in [1.29, 1.82) is 0 Å². The quantitative estimate of drug-likeness (QED) is 0.460. The monoisotopic (exact) mass is 302 g/mol. The number of ether oxygens (including phenoxy) is 1. The summed E-state index contributed by atoms with van der Waals surface area (Å²) in [5, 5.41) is 8.92. The van der Waals surface area contributed by atoms with Crippen LogP contribution < -0.4 is 10.7 Å². The first kappa shape index (κ1) is 14.0. The number of para-hydroxylation sites is 1. The van der Waals surface area contributed by atoms with Gasteiger partial charge in [-0.1, -0.05) is 18.2 Å². The summed E-state index contributed by atoms with van der Waals surface area (Å²) in [4.78, 5) is 3.27. The van der Waals surface area contributed by atoms with Gasteiger partial charge in [0.2, 0.25) is 0 Å². The second-order valence-electron chi connectivity index (χ2n) is 5.03. The van der Waals surface area contributed by atoms with Gasteiger partial charge in [-0.25, -0.2) is 0 Å². The van der Waals surface area contributed by atoms with Crippen LogP contribution in [-0.4, -0.2) is 35.6 Å². The fourth-order valence-electron chi connectivity index (χ4n) is 2.38. The lowest BCUT2D eigenvalue weighted by atomic mass is 10.2. The number of benzene rings is 1. The van der Waals surface area contributed by atoms with Crippen LogP contribution in [0.5, 0.6) is 0 Å². The third-order valence-corrected chi connectivity index (χ3v) is 3.67. The Morgan fingerprint density at radius 1 is 1.48 bits per heavy atom. The number of hydrazone groups is 1. The second kappa shape index (κ2) is 6.69. The van der Waals surface area contributed by atoms with Crippen LogP contribution >= 0.6 is 12.2 Å². The highest BCUT2D eigenvalue weighted by molar-refractivity contribution is 7.80. The van der Waals surface area contributed by atoms with Crippen LogP contribution in [0.1, 0.15) is 18.5 Å². The Labute approximate surface area is 128 Å². The molecule has 0 bridgehead atoms. The lowest BCUT2D eigenvalue weighted by molar-refractivity contribution is 0.114. The predicted octanol–water partition coefficient (Wildman–Crippen LogP) is 2.14. The lowest BCUT2D eigenvalue weighted by Crippen LogP contribution is -2.37. The van der Waals surface area contributed by atoms with E-state index in [4.69, 9.17) is 17.0 Å². The van der Waals surface area contributed by atoms with Gasteiger partial charge in [0, 0.05) is 24.1 Å². The molecule has 2 aromatic rings. The molecule has 2 heterocycles. The number of thiocarbonyl (C=S) groups is 1. The molecule has 5 nitrogen and oxygen atoms in total. The van der Waals surface area contributed by atoms with Crippen molar-refractivity contribution < 1.29 is 4.74 Å². The molecule has 0 saturated carbocycles. The maximum atomic E-state index is 5.52. The Kier molecular flexibility index (Phi) is 4.47. The van der Waals surface area contributed by atoms with Crippen LogP contribution in [0.25, 0.3) is 10.9 Å². The van der Waals surface area contributed by atoms with Crippen molar-refractivity contribution in [2.45, 2.75) is 18.9 Å². The molecule has 0 aliphatic carbocycles. The van der Waals surface area contributed by atoms with Crippen molar-refractivity contribution in [1.82, 2.24) is 15.7 Å². The summed E-state index contributed by atoms with van der Waals surface area (Å²) in [5.74, 6) is 0. The van der Waals surface area contributed by atoms with Crippen molar-refractivity contribution in [2.75, 3.05) is 13.2 Å². The Morgan fingerprint density at radius 3 is 3.19 bits per heavy atom. The van der Waals surface area contributed by atoms with Gasteiger partial charge in [-0.15, -0.1) is 0 Å². The number of hydrogen-bond donors (Lipinski definition) is 3. The number of hydrogen-bond acceptors (Lipinski definition) is 3. The summed E-state index contributed by atoms with van der Waals surface area (Å²) in [5.41, 5.74) is 4.84. The summed E-state index contributed by atoms with van der Waals surface area (Å²) in [6.07, 6.45) is 4.21. The average Bonchev–Trinajstić information content (AvgIpc) is 3.14. The number of aromatic nitrogens is 1. The van der Waals surface area contributed by atoms with Gasteiger partial charge in [0.25, 0.3) is 0 Å². The zero-order chi connectivity index (χ0) is 14.5. The van der Waals surface area contributed by atoms with E-state index in [1.807, 2.05) is 24.3 Å². The molecular weight excluding hydrogens is 284 g/mol. The largest absolute Gasteiger partial charge is 0.376 e. The van der Waals surface area contributed by atoms with Gasteiger partial charge < -0.3 is 15.0 Å². The standard InChI is InChI=1S/C15H18N4OS/c21-15(16-10-13-5-3-7-20-13)19-17-9-12-8-11-4-1-2-6-14(11)18-12/h1-2,4,6,8-9,13,18H,3,5,7,10H2,(H2,16,19,21). The Hall–Kier alpha value is -1.92. The van der Waals surface area contributed by atoms with Crippen molar-refractivity contribution in [2.24, 2.45) is 5.10 Å². The maximum absolute atomic E-state index is 5.52. The summed E-state index contributed by atoms with van der Waals surface area (Å²) in [6.45, 7) is 1.58. The van der Waals surface area contributed by atoms with Gasteiger partial charge in [-0.05, 0) is 37.2 Å². The zero-order valence-corrected chi connectivity index (χ0v) is 12.5. The summed E-state index contributed by atoms with van der Waals surface area (Å²) in [6, 6.07) is 10.2. The van der Waals surface area contributed by atoms with Crippen LogP contribution in [0.3, 0.4) is 0 Å². The van der Waals surface area contributed by atoms with Gasteiger partial charge in [0.1, 0.15) is 0 Å². The lowest BCUT2D eigenvalue weighted by Gasteiger charge is -2.11. The smallest absolute Gasteiger partial charge is 0.187 e. The van der Waals surface area contributed by atoms with E-state index in [-0.39, 0.29) is 6.10 Å². The van der Waals surface area contributed by atoms with Gasteiger partial charge >= 0.3 is 0 Å². The number of rotatable bonds is 4. The van der Waals surface area contributed by atoms with Crippen molar-refractivity contribution >= 4 is 34.4 Å². The van der Waals surface area contributed by atoms with Gasteiger partial charge in [0.05, 0.1) is 18.0 Å². The molecule has 1 fully saturated rings. The summed E-state index contributed by atoms with van der Waals surface area (Å²) in [7, 11) is 0. The third-order valence-electron chi connectivity index (χ3n) is 3.43. The topological polar surface area (TPSA) is 61.4 Å². The van der Waals surface area contributed by atoms with E-state index < -0.39 is 0 Å². The Balaban J connectivity index is 1.48. The Morgan fingerprint density at radius 2 is 2.38 bits per heavy atom. The molecule has 1 aliphatic heterocycles. The fraction of sp³-hybridized carbons (Fsp3) is 0.333. The maximum Gasteiger partial charge on any atom is 0.187 e. The summed E-state index contributed by atoms with van der Waals surface area (Å²) >= 11 is 5.17. The normalized spacial score (nSPS) is 18.4. The number of nitrogens with zero attached hydrogens (tertiary/aromatic N) is 1. The molecule has 1 aliphatic rings.